The average molecular weight is 265 g/mol. The van der Waals surface area contributed by atoms with Gasteiger partial charge in [-0.05, 0) is 37.1 Å². The summed E-state index contributed by atoms with van der Waals surface area (Å²) in [5.74, 6) is 5.23. The number of sulfonamides is 1. The highest BCUT2D eigenvalue weighted by molar-refractivity contribution is 7.89. The number of hydrogen-bond donors (Lipinski definition) is 2. The van der Waals surface area contributed by atoms with Crippen molar-refractivity contribution >= 4 is 10.0 Å². The van der Waals surface area contributed by atoms with Crippen LogP contribution < -0.4 is 4.72 Å². The van der Waals surface area contributed by atoms with Gasteiger partial charge in [0.05, 0.1) is 4.90 Å². The molecule has 96 valence electrons. The first-order valence-electron chi connectivity index (χ1n) is 5.84. The fourth-order valence-electron chi connectivity index (χ4n) is 1.67. The number of aliphatic hydroxyl groups is 1. The van der Waals surface area contributed by atoms with Crippen LogP contribution in [0.4, 0.5) is 0 Å². The summed E-state index contributed by atoms with van der Waals surface area (Å²) in [4.78, 5) is 0.254. The molecule has 0 heterocycles. The summed E-state index contributed by atoms with van der Waals surface area (Å²) in [6, 6.07) is 6.42. The SMILES string of the molecule is O=S(=O)(NC1CCC1)c1ccc(C#CCO)cc1. The van der Waals surface area contributed by atoms with Crippen molar-refractivity contribution in [2.75, 3.05) is 6.61 Å². The van der Waals surface area contributed by atoms with E-state index in [1.54, 1.807) is 12.1 Å². The molecule has 0 aromatic heterocycles. The van der Waals surface area contributed by atoms with Crippen LogP contribution in [0.2, 0.25) is 0 Å². The Balaban J connectivity index is 2.12. The van der Waals surface area contributed by atoms with E-state index >= 15 is 0 Å². The highest BCUT2D eigenvalue weighted by Gasteiger charge is 2.24. The molecular weight excluding hydrogens is 250 g/mol. The number of benzene rings is 1. The quantitative estimate of drug-likeness (QED) is 0.797. The lowest BCUT2D eigenvalue weighted by Gasteiger charge is -2.26. The van der Waals surface area contributed by atoms with Gasteiger partial charge in [0.25, 0.3) is 0 Å². The van der Waals surface area contributed by atoms with Crippen LogP contribution in [0.25, 0.3) is 0 Å². The molecule has 0 spiro atoms. The van der Waals surface area contributed by atoms with Gasteiger partial charge in [0.2, 0.25) is 10.0 Å². The zero-order valence-electron chi connectivity index (χ0n) is 9.89. The summed E-state index contributed by atoms with van der Waals surface area (Å²) in [6.45, 7) is -0.205. The van der Waals surface area contributed by atoms with Gasteiger partial charge in [0, 0.05) is 11.6 Å². The van der Waals surface area contributed by atoms with Crippen molar-refractivity contribution in [3.63, 3.8) is 0 Å². The minimum atomic E-state index is -3.41. The monoisotopic (exact) mass is 265 g/mol. The third-order valence-electron chi connectivity index (χ3n) is 2.90. The second-order valence-corrected chi connectivity index (χ2v) is 5.95. The highest BCUT2D eigenvalue weighted by atomic mass is 32.2. The second kappa shape index (κ2) is 5.53. The molecule has 18 heavy (non-hydrogen) atoms. The summed E-state index contributed by atoms with van der Waals surface area (Å²) in [7, 11) is -3.41. The molecule has 1 aliphatic rings. The molecule has 1 fully saturated rings. The molecule has 0 saturated heterocycles. The standard InChI is InChI=1S/C13H15NO3S/c15-10-2-3-11-6-8-13(9-7-11)18(16,17)14-12-4-1-5-12/h6-9,12,14-15H,1,4-5,10H2. The molecule has 5 heteroatoms. The number of rotatable bonds is 3. The van der Waals surface area contributed by atoms with Gasteiger partial charge < -0.3 is 5.11 Å². The van der Waals surface area contributed by atoms with E-state index < -0.39 is 10.0 Å². The second-order valence-electron chi connectivity index (χ2n) is 4.23. The molecule has 1 saturated carbocycles. The van der Waals surface area contributed by atoms with E-state index in [0.29, 0.717) is 5.56 Å². The topological polar surface area (TPSA) is 66.4 Å². The Hall–Kier alpha value is -1.35. The van der Waals surface area contributed by atoms with Gasteiger partial charge in [-0.3, -0.25) is 0 Å². The molecule has 4 nitrogen and oxygen atoms in total. The van der Waals surface area contributed by atoms with Crippen LogP contribution in [0.5, 0.6) is 0 Å². The zero-order chi connectivity index (χ0) is 13.0. The predicted molar refractivity (Wildman–Crippen MR) is 68.4 cm³/mol. The van der Waals surface area contributed by atoms with E-state index in [9.17, 15) is 8.42 Å². The Bertz CT molecular complexity index is 562. The summed E-state index contributed by atoms with van der Waals surface area (Å²) in [5.41, 5.74) is 0.687. The lowest BCUT2D eigenvalue weighted by Crippen LogP contribution is -2.39. The maximum atomic E-state index is 12.0. The lowest BCUT2D eigenvalue weighted by atomic mass is 9.94. The Kier molecular flexibility index (Phi) is 4.02. The summed E-state index contributed by atoms with van der Waals surface area (Å²) < 4.78 is 26.6. The maximum absolute atomic E-state index is 12.0. The van der Waals surface area contributed by atoms with Gasteiger partial charge in [0.15, 0.2) is 0 Å². The predicted octanol–water partition coefficient (Wildman–Crippen LogP) is 0.861. The van der Waals surface area contributed by atoms with E-state index in [1.807, 2.05) is 0 Å². The van der Waals surface area contributed by atoms with Gasteiger partial charge in [0.1, 0.15) is 6.61 Å². The van der Waals surface area contributed by atoms with Gasteiger partial charge in [-0.1, -0.05) is 18.3 Å². The van der Waals surface area contributed by atoms with Crippen molar-refractivity contribution in [2.24, 2.45) is 0 Å². The normalized spacial score (nSPS) is 15.6. The van der Waals surface area contributed by atoms with Crippen molar-refractivity contribution < 1.29 is 13.5 Å². The maximum Gasteiger partial charge on any atom is 0.240 e. The summed E-state index contributed by atoms with van der Waals surface area (Å²) in [5, 5.41) is 8.56. The van der Waals surface area contributed by atoms with Crippen LogP contribution >= 0.6 is 0 Å². The minimum absolute atomic E-state index is 0.0869. The molecule has 0 bridgehead atoms. The van der Waals surface area contributed by atoms with Gasteiger partial charge in [-0.15, -0.1) is 0 Å². The molecule has 0 atom stereocenters. The van der Waals surface area contributed by atoms with Gasteiger partial charge in [-0.25, -0.2) is 13.1 Å². The number of hydrogen-bond acceptors (Lipinski definition) is 3. The molecule has 0 amide bonds. The summed E-state index contributed by atoms with van der Waals surface area (Å²) in [6.07, 6.45) is 2.92. The van der Waals surface area contributed by atoms with Crippen molar-refractivity contribution in [3.05, 3.63) is 29.8 Å². The van der Waals surface area contributed by atoms with Crippen molar-refractivity contribution in [3.8, 4) is 11.8 Å². The first-order valence-corrected chi connectivity index (χ1v) is 7.32. The average Bonchev–Trinajstić information content (AvgIpc) is 2.32. The summed E-state index contributed by atoms with van der Waals surface area (Å²) >= 11 is 0. The van der Waals surface area contributed by atoms with Crippen LogP contribution in [0.1, 0.15) is 24.8 Å². The molecular formula is C13H15NO3S. The van der Waals surface area contributed by atoms with Crippen molar-refractivity contribution in [1.82, 2.24) is 4.72 Å². The van der Waals surface area contributed by atoms with E-state index in [-0.39, 0.29) is 17.5 Å². The Labute approximate surface area is 107 Å². The fraction of sp³-hybridized carbons (Fsp3) is 0.385. The van der Waals surface area contributed by atoms with E-state index in [0.717, 1.165) is 19.3 Å². The molecule has 0 unspecified atom stereocenters. The first kappa shape index (κ1) is 13.1. The van der Waals surface area contributed by atoms with E-state index in [2.05, 4.69) is 16.6 Å². The van der Waals surface area contributed by atoms with Crippen molar-refractivity contribution in [1.29, 1.82) is 0 Å². The van der Waals surface area contributed by atoms with Crippen LogP contribution in [-0.4, -0.2) is 26.2 Å². The van der Waals surface area contributed by atoms with Crippen LogP contribution in [0, 0.1) is 11.8 Å². The third kappa shape index (κ3) is 3.10. The third-order valence-corrected chi connectivity index (χ3v) is 4.44. The Morgan fingerprint density at radius 1 is 1.28 bits per heavy atom. The number of nitrogens with one attached hydrogen (secondary N) is 1. The molecule has 0 aliphatic heterocycles. The van der Waals surface area contributed by atoms with Crippen molar-refractivity contribution in [2.45, 2.75) is 30.2 Å². The molecule has 2 N–H and O–H groups in total. The number of aliphatic hydroxyl groups excluding tert-OH is 1. The van der Waals surface area contributed by atoms with Crippen LogP contribution in [-0.2, 0) is 10.0 Å². The largest absolute Gasteiger partial charge is 0.384 e. The molecule has 1 aromatic carbocycles. The smallest absolute Gasteiger partial charge is 0.240 e. The minimum Gasteiger partial charge on any atom is -0.384 e. The van der Waals surface area contributed by atoms with Gasteiger partial charge in [-0.2, -0.15) is 0 Å². The lowest BCUT2D eigenvalue weighted by molar-refractivity contribution is 0.350. The van der Waals surface area contributed by atoms with Crippen LogP contribution in [0.3, 0.4) is 0 Å². The van der Waals surface area contributed by atoms with Gasteiger partial charge >= 0.3 is 0 Å². The first-order chi connectivity index (χ1) is 8.62. The molecule has 2 rings (SSSR count). The van der Waals surface area contributed by atoms with Crippen LogP contribution in [0.15, 0.2) is 29.2 Å². The fourth-order valence-corrected chi connectivity index (χ4v) is 2.98. The molecule has 1 aliphatic carbocycles. The van der Waals surface area contributed by atoms with E-state index in [1.165, 1.54) is 12.1 Å². The zero-order valence-corrected chi connectivity index (χ0v) is 10.7. The Morgan fingerprint density at radius 3 is 2.44 bits per heavy atom. The highest BCUT2D eigenvalue weighted by Crippen LogP contribution is 2.21. The Morgan fingerprint density at radius 2 is 1.94 bits per heavy atom. The molecule has 0 radical (unpaired) electrons. The molecule has 1 aromatic rings. The van der Waals surface area contributed by atoms with E-state index in [4.69, 9.17) is 5.11 Å².